The molecule has 0 spiro atoms. The van der Waals surface area contributed by atoms with Gasteiger partial charge < -0.3 is 35.8 Å². The molecule has 2 aromatic rings. The van der Waals surface area contributed by atoms with Gasteiger partial charge in [-0.25, -0.2) is 9.97 Å². The molecule has 3 aliphatic rings. The smallest absolute Gasteiger partial charge is 0.248 e. The molecule has 11 heteroatoms. The van der Waals surface area contributed by atoms with E-state index in [0.29, 0.717) is 36.3 Å². The number of nitrogens with zero attached hydrogens (tertiary/aromatic N) is 6. The number of carbonyl (C=O) groups is 1. The summed E-state index contributed by atoms with van der Waals surface area (Å²) in [5.41, 5.74) is 12.4. The number of piperazine rings is 1. The lowest BCUT2D eigenvalue weighted by Crippen LogP contribution is -2.52. The summed E-state index contributed by atoms with van der Waals surface area (Å²) in [6.45, 7) is 14.9. The summed E-state index contributed by atoms with van der Waals surface area (Å²) in [5, 5.41) is 7.25. The highest BCUT2D eigenvalue weighted by molar-refractivity contribution is 5.78. The molecule has 1 aromatic heterocycles. The van der Waals surface area contributed by atoms with Crippen LogP contribution in [0.15, 0.2) is 24.3 Å². The first-order chi connectivity index (χ1) is 22.8. The van der Waals surface area contributed by atoms with E-state index in [1.54, 1.807) is 7.11 Å². The summed E-state index contributed by atoms with van der Waals surface area (Å²) in [5.74, 6) is 1.48. The SMILES string of the molecule is CCC/C=C(\N)c1nc(CC)c(NC2CCN(C(=O)COC)CC2)nc1Nc1ccc(N2CCC(N3CCN(C)CC3)CC2)c(C)c1. The lowest BCUT2D eigenvalue weighted by Gasteiger charge is -2.43. The average Bonchev–Trinajstić information content (AvgIpc) is 3.08. The molecule has 3 fully saturated rings. The number of rotatable bonds is 12. The van der Waals surface area contributed by atoms with E-state index in [4.69, 9.17) is 20.4 Å². The lowest BCUT2D eigenvalue weighted by molar-refractivity contribution is -0.136. The van der Waals surface area contributed by atoms with E-state index in [-0.39, 0.29) is 18.6 Å². The van der Waals surface area contributed by atoms with Gasteiger partial charge in [-0.05, 0) is 76.3 Å². The zero-order chi connectivity index (χ0) is 33.3. The van der Waals surface area contributed by atoms with E-state index in [2.05, 4.69) is 77.4 Å². The van der Waals surface area contributed by atoms with Crippen molar-refractivity contribution in [3.63, 3.8) is 0 Å². The maximum atomic E-state index is 12.3. The third-order valence-electron chi connectivity index (χ3n) is 10.0. The molecule has 47 heavy (non-hydrogen) atoms. The fraction of sp³-hybridized carbons (Fsp3) is 0.639. The molecule has 0 atom stereocenters. The Morgan fingerprint density at radius 3 is 2.36 bits per heavy atom. The number of hydrogen-bond donors (Lipinski definition) is 3. The van der Waals surface area contributed by atoms with Crippen LogP contribution in [0.2, 0.25) is 0 Å². The van der Waals surface area contributed by atoms with Crippen LogP contribution in [0.5, 0.6) is 0 Å². The van der Waals surface area contributed by atoms with Crippen molar-refractivity contribution in [2.75, 3.05) is 88.7 Å². The molecule has 4 N–H and O–H groups in total. The molecule has 3 saturated heterocycles. The van der Waals surface area contributed by atoms with Gasteiger partial charge >= 0.3 is 0 Å². The summed E-state index contributed by atoms with van der Waals surface area (Å²) in [7, 11) is 3.79. The van der Waals surface area contributed by atoms with Gasteiger partial charge in [-0.15, -0.1) is 0 Å². The van der Waals surface area contributed by atoms with Gasteiger partial charge in [-0.1, -0.05) is 26.3 Å². The summed E-state index contributed by atoms with van der Waals surface area (Å²) >= 11 is 0. The minimum atomic E-state index is 0.0432. The number of allylic oxidation sites excluding steroid dienone is 1. The molecule has 5 rings (SSSR count). The quantitative estimate of drug-likeness (QED) is 0.305. The third kappa shape index (κ3) is 8.94. The Labute approximate surface area is 281 Å². The molecule has 3 aliphatic heterocycles. The van der Waals surface area contributed by atoms with Crippen molar-refractivity contribution in [1.82, 2.24) is 24.7 Å². The number of nitrogens with two attached hydrogens (primary N) is 1. The van der Waals surface area contributed by atoms with Crippen molar-refractivity contribution in [3.8, 4) is 0 Å². The first kappa shape index (κ1) is 34.9. The van der Waals surface area contributed by atoms with Gasteiger partial charge in [0.2, 0.25) is 5.91 Å². The van der Waals surface area contributed by atoms with Crippen molar-refractivity contribution < 1.29 is 9.53 Å². The zero-order valence-electron chi connectivity index (χ0n) is 29.4. The molecule has 11 nitrogen and oxygen atoms in total. The van der Waals surface area contributed by atoms with Crippen molar-refractivity contribution in [3.05, 3.63) is 41.2 Å². The molecule has 0 aliphatic carbocycles. The Balaban J connectivity index is 1.30. The summed E-state index contributed by atoms with van der Waals surface area (Å²) < 4.78 is 5.05. The highest BCUT2D eigenvalue weighted by Crippen LogP contribution is 2.31. The predicted octanol–water partition coefficient (Wildman–Crippen LogP) is 4.46. The highest BCUT2D eigenvalue weighted by atomic mass is 16.5. The molecule has 258 valence electrons. The summed E-state index contributed by atoms with van der Waals surface area (Å²) in [6.07, 6.45) is 8.79. The van der Waals surface area contributed by atoms with E-state index in [0.717, 1.165) is 62.4 Å². The first-order valence-electron chi connectivity index (χ1n) is 17.7. The van der Waals surface area contributed by atoms with Crippen molar-refractivity contribution in [2.45, 2.75) is 77.8 Å². The van der Waals surface area contributed by atoms with Crippen LogP contribution in [0.25, 0.3) is 5.70 Å². The summed E-state index contributed by atoms with van der Waals surface area (Å²) in [6, 6.07) is 7.51. The van der Waals surface area contributed by atoms with Crippen LogP contribution >= 0.6 is 0 Å². The second kappa shape index (κ2) is 16.6. The second-order valence-corrected chi connectivity index (χ2v) is 13.4. The lowest BCUT2D eigenvalue weighted by atomic mass is 10.0. The number of hydrogen-bond acceptors (Lipinski definition) is 10. The van der Waals surface area contributed by atoms with Crippen LogP contribution in [0.3, 0.4) is 0 Å². The Kier molecular flexibility index (Phi) is 12.3. The number of anilines is 4. The first-order valence-corrected chi connectivity index (χ1v) is 17.7. The van der Waals surface area contributed by atoms with Crippen molar-refractivity contribution in [2.24, 2.45) is 5.73 Å². The Bertz CT molecular complexity index is 1360. The maximum Gasteiger partial charge on any atom is 0.248 e. The number of aromatic nitrogens is 2. The number of unbranched alkanes of at least 4 members (excludes halogenated alkanes) is 1. The number of nitrogens with one attached hydrogen (secondary N) is 2. The van der Waals surface area contributed by atoms with Gasteiger partial charge in [0.15, 0.2) is 5.82 Å². The number of likely N-dealkylation sites (tertiary alicyclic amines) is 1. The van der Waals surface area contributed by atoms with Gasteiger partial charge in [-0.2, -0.15) is 0 Å². The number of likely N-dealkylation sites (N-methyl/N-ethyl adjacent to an activating group) is 1. The van der Waals surface area contributed by atoms with Gasteiger partial charge in [0.05, 0.1) is 11.4 Å². The summed E-state index contributed by atoms with van der Waals surface area (Å²) in [4.78, 5) is 32.1. The van der Waals surface area contributed by atoms with Crippen LogP contribution in [0.4, 0.5) is 23.0 Å². The van der Waals surface area contributed by atoms with E-state index in [1.807, 2.05) is 4.90 Å². The van der Waals surface area contributed by atoms with Gasteiger partial charge in [0, 0.05) is 82.9 Å². The van der Waals surface area contributed by atoms with E-state index < -0.39 is 0 Å². The Hall–Kier alpha value is -3.41. The normalized spacial score (nSPS) is 19.3. The van der Waals surface area contributed by atoms with Crippen LogP contribution in [-0.2, 0) is 16.0 Å². The van der Waals surface area contributed by atoms with E-state index in [1.165, 1.54) is 50.3 Å². The fourth-order valence-corrected chi connectivity index (χ4v) is 7.08. The number of amides is 1. The monoisotopic (exact) mass is 647 g/mol. The van der Waals surface area contributed by atoms with E-state index in [9.17, 15) is 4.79 Å². The van der Waals surface area contributed by atoms with Gasteiger partial charge in [0.1, 0.15) is 18.1 Å². The largest absolute Gasteiger partial charge is 0.397 e. The van der Waals surface area contributed by atoms with Crippen molar-refractivity contribution in [1.29, 1.82) is 0 Å². The molecule has 1 aromatic carbocycles. The van der Waals surface area contributed by atoms with Crippen LogP contribution in [-0.4, -0.2) is 116 Å². The second-order valence-electron chi connectivity index (χ2n) is 13.4. The number of benzene rings is 1. The number of carbonyl (C=O) groups excluding carboxylic acids is 1. The Morgan fingerprint density at radius 2 is 1.72 bits per heavy atom. The average molecular weight is 648 g/mol. The standard InChI is InChI=1S/C36H57N9O2/c1-6-8-9-30(37)34-36(41-35(31(7-2)40-34)38-27-12-16-45(17-13-27)33(46)25-47-5)39-28-10-11-32(26(3)24-28)44-18-14-29(15-19-44)43-22-20-42(4)21-23-43/h9-11,24,27,29H,6-8,12-23,25,37H2,1-5H3,(H2,38,39,41)/b30-9-. The molecule has 0 unspecified atom stereocenters. The number of piperidine rings is 2. The molecule has 0 bridgehead atoms. The van der Waals surface area contributed by atoms with Crippen LogP contribution < -0.4 is 21.3 Å². The topological polar surface area (TPSA) is 115 Å². The van der Waals surface area contributed by atoms with E-state index >= 15 is 0 Å². The van der Waals surface area contributed by atoms with Gasteiger partial charge in [0.25, 0.3) is 0 Å². The molecule has 4 heterocycles. The number of ether oxygens (including phenoxy) is 1. The fourth-order valence-electron chi connectivity index (χ4n) is 7.08. The molecule has 0 saturated carbocycles. The predicted molar refractivity (Wildman–Crippen MR) is 192 cm³/mol. The Morgan fingerprint density at radius 1 is 1.00 bits per heavy atom. The van der Waals surface area contributed by atoms with Crippen molar-refractivity contribution >= 4 is 34.6 Å². The minimum absolute atomic E-state index is 0.0432. The highest BCUT2D eigenvalue weighted by Gasteiger charge is 2.28. The minimum Gasteiger partial charge on any atom is -0.397 e. The number of methoxy groups -OCH3 is 1. The number of aryl methyl sites for hydroxylation is 2. The zero-order valence-corrected chi connectivity index (χ0v) is 29.4. The maximum absolute atomic E-state index is 12.3. The molecule has 0 radical (unpaired) electrons. The molecule has 1 amide bonds. The molecular formula is C36H57N9O2. The molecular weight excluding hydrogens is 590 g/mol. The van der Waals surface area contributed by atoms with Crippen LogP contribution in [0, 0.1) is 6.92 Å². The van der Waals surface area contributed by atoms with Gasteiger partial charge in [-0.3, -0.25) is 9.69 Å². The third-order valence-corrected chi connectivity index (χ3v) is 10.0. The van der Waals surface area contributed by atoms with Crippen LogP contribution in [0.1, 0.15) is 69.3 Å².